The normalized spacial score (nSPS) is 13.3. The van der Waals surface area contributed by atoms with Crippen molar-refractivity contribution in [1.82, 2.24) is 4.98 Å². The molecule has 3 heteroatoms. The molecular formula is C38H28N2S. The van der Waals surface area contributed by atoms with Crippen LogP contribution in [0.5, 0.6) is 0 Å². The summed E-state index contributed by atoms with van der Waals surface area (Å²) in [7, 11) is 0. The molecule has 0 amide bonds. The van der Waals surface area contributed by atoms with E-state index in [9.17, 15) is 0 Å². The Labute approximate surface area is 244 Å². The molecule has 2 heterocycles. The fourth-order valence-electron chi connectivity index (χ4n) is 6.52. The van der Waals surface area contributed by atoms with E-state index in [2.05, 4.69) is 140 Å². The topological polar surface area (TPSA) is 16.1 Å². The van der Waals surface area contributed by atoms with E-state index in [-0.39, 0.29) is 5.41 Å². The Morgan fingerprint density at radius 3 is 2.12 bits per heavy atom. The molecule has 2 nitrogen and oxygen atoms in total. The second-order valence-electron chi connectivity index (χ2n) is 11.3. The minimum Gasteiger partial charge on any atom is -0.308 e. The van der Waals surface area contributed by atoms with Gasteiger partial charge in [-0.15, -0.1) is 11.3 Å². The molecule has 0 saturated carbocycles. The van der Waals surface area contributed by atoms with E-state index >= 15 is 0 Å². The predicted octanol–water partition coefficient (Wildman–Crippen LogP) is 10.9. The highest BCUT2D eigenvalue weighted by atomic mass is 32.1. The first-order chi connectivity index (χ1) is 20.1. The lowest BCUT2D eigenvalue weighted by atomic mass is 9.82. The quantitative estimate of drug-likeness (QED) is 0.219. The van der Waals surface area contributed by atoms with Crippen LogP contribution in [0.2, 0.25) is 0 Å². The van der Waals surface area contributed by atoms with Gasteiger partial charge in [-0.1, -0.05) is 105 Å². The molecule has 0 N–H and O–H groups in total. The Balaban J connectivity index is 1.36. The second-order valence-corrected chi connectivity index (χ2v) is 12.4. The van der Waals surface area contributed by atoms with E-state index in [4.69, 9.17) is 4.98 Å². The molecule has 5 aromatic carbocycles. The number of hydrogen-bond donors (Lipinski definition) is 0. The number of anilines is 3. The molecule has 41 heavy (non-hydrogen) atoms. The predicted molar refractivity (Wildman–Crippen MR) is 175 cm³/mol. The van der Waals surface area contributed by atoms with Crippen LogP contribution in [0.15, 0.2) is 134 Å². The van der Waals surface area contributed by atoms with Gasteiger partial charge in [-0.3, -0.25) is 4.98 Å². The van der Waals surface area contributed by atoms with E-state index < -0.39 is 0 Å². The van der Waals surface area contributed by atoms with E-state index in [0.717, 1.165) is 17.1 Å². The summed E-state index contributed by atoms with van der Waals surface area (Å²) in [6, 6.07) is 44.0. The summed E-state index contributed by atoms with van der Waals surface area (Å²) in [4.78, 5) is 7.14. The van der Waals surface area contributed by atoms with Crippen molar-refractivity contribution < 1.29 is 0 Å². The molecule has 1 aliphatic carbocycles. The molecule has 0 radical (unpaired) electrons. The van der Waals surface area contributed by atoms with Gasteiger partial charge in [0, 0.05) is 38.5 Å². The van der Waals surface area contributed by atoms with E-state index in [1.807, 2.05) is 12.4 Å². The maximum absolute atomic E-state index is 4.75. The maximum atomic E-state index is 4.75. The number of thiophene rings is 1. The minimum absolute atomic E-state index is 0.0793. The Bertz CT molecular complexity index is 2070. The molecule has 8 rings (SSSR count). The van der Waals surface area contributed by atoms with Crippen molar-refractivity contribution in [3.8, 4) is 22.3 Å². The van der Waals surface area contributed by atoms with Gasteiger partial charge in [-0.05, 0) is 63.7 Å². The van der Waals surface area contributed by atoms with Gasteiger partial charge in [0.1, 0.15) is 0 Å². The van der Waals surface area contributed by atoms with Crippen LogP contribution in [0.3, 0.4) is 0 Å². The van der Waals surface area contributed by atoms with Crippen LogP contribution in [-0.4, -0.2) is 4.98 Å². The first-order valence-corrected chi connectivity index (χ1v) is 14.9. The second kappa shape index (κ2) is 9.15. The van der Waals surface area contributed by atoms with Gasteiger partial charge in [0.15, 0.2) is 0 Å². The van der Waals surface area contributed by atoms with Crippen molar-refractivity contribution in [3.63, 3.8) is 0 Å². The molecule has 0 atom stereocenters. The number of hydrogen-bond acceptors (Lipinski definition) is 3. The van der Waals surface area contributed by atoms with Crippen LogP contribution >= 0.6 is 11.3 Å². The Morgan fingerprint density at radius 2 is 1.27 bits per heavy atom. The molecule has 0 aliphatic heterocycles. The average Bonchev–Trinajstić information content (AvgIpc) is 3.51. The highest BCUT2D eigenvalue weighted by molar-refractivity contribution is 7.25. The number of benzene rings is 5. The highest BCUT2D eigenvalue weighted by Crippen LogP contribution is 2.51. The summed E-state index contributed by atoms with van der Waals surface area (Å²) in [6.45, 7) is 4.68. The van der Waals surface area contributed by atoms with Crippen LogP contribution in [0, 0.1) is 0 Å². The fourth-order valence-corrected chi connectivity index (χ4v) is 7.62. The molecule has 0 saturated heterocycles. The monoisotopic (exact) mass is 544 g/mol. The largest absolute Gasteiger partial charge is 0.308 e. The number of pyridine rings is 1. The molecule has 2 aromatic heterocycles. The summed E-state index contributed by atoms with van der Waals surface area (Å²) < 4.78 is 2.48. The van der Waals surface area contributed by atoms with Gasteiger partial charge >= 0.3 is 0 Å². The zero-order valence-corrected chi connectivity index (χ0v) is 23.8. The molecule has 1 aliphatic rings. The van der Waals surface area contributed by atoms with Crippen molar-refractivity contribution in [1.29, 1.82) is 0 Å². The molecule has 0 unspecified atom stereocenters. The van der Waals surface area contributed by atoms with Crippen molar-refractivity contribution in [2.45, 2.75) is 19.3 Å². The van der Waals surface area contributed by atoms with Crippen molar-refractivity contribution in [2.75, 3.05) is 4.90 Å². The van der Waals surface area contributed by atoms with Crippen molar-refractivity contribution in [3.05, 3.63) is 145 Å². The summed E-state index contributed by atoms with van der Waals surface area (Å²) >= 11 is 1.81. The summed E-state index contributed by atoms with van der Waals surface area (Å²) in [6.07, 6.45) is 4.03. The lowest BCUT2D eigenvalue weighted by Crippen LogP contribution is -2.16. The van der Waals surface area contributed by atoms with Gasteiger partial charge in [0.05, 0.1) is 16.6 Å². The van der Waals surface area contributed by atoms with Gasteiger partial charge < -0.3 is 4.90 Å². The summed E-state index contributed by atoms with van der Waals surface area (Å²) in [5, 5.41) is 2.51. The molecule has 0 bridgehead atoms. The zero-order chi connectivity index (χ0) is 27.6. The van der Waals surface area contributed by atoms with Crippen LogP contribution in [0.25, 0.3) is 42.4 Å². The fraction of sp³-hybridized carbons (Fsp3) is 0.0789. The first-order valence-electron chi connectivity index (χ1n) is 14.0. The highest BCUT2D eigenvalue weighted by Gasteiger charge is 2.35. The van der Waals surface area contributed by atoms with Gasteiger partial charge in [-0.25, -0.2) is 0 Å². The van der Waals surface area contributed by atoms with Crippen LogP contribution in [-0.2, 0) is 5.41 Å². The minimum atomic E-state index is -0.0793. The summed E-state index contributed by atoms with van der Waals surface area (Å²) in [5.41, 5.74) is 11.1. The third-order valence-corrected chi connectivity index (χ3v) is 9.67. The first kappa shape index (κ1) is 24.1. The standard InChI is InChI=1S/C38H28N2S/c1-38(2)32-14-8-6-12-29(32)30-21-20-28(22-33(30)38)40(27-18-16-26(17-19-27)25-10-4-3-5-11-25)34-23-39-24-36-37(34)31-13-7-9-15-35(31)41-36/h3-24H,1-2H3. The molecule has 196 valence electrons. The number of fused-ring (bicyclic) bond motifs is 6. The van der Waals surface area contributed by atoms with E-state index in [0.29, 0.717) is 0 Å². The van der Waals surface area contributed by atoms with Crippen LogP contribution in [0.1, 0.15) is 25.0 Å². The smallest absolute Gasteiger partial charge is 0.0738 e. The third kappa shape index (κ3) is 3.73. The zero-order valence-electron chi connectivity index (χ0n) is 23.0. The maximum Gasteiger partial charge on any atom is 0.0738 e. The van der Waals surface area contributed by atoms with Gasteiger partial charge in [0.2, 0.25) is 0 Å². The van der Waals surface area contributed by atoms with Crippen molar-refractivity contribution in [2.24, 2.45) is 0 Å². The van der Waals surface area contributed by atoms with Crippen LogP contribution in [0.4, 0.5) is 17.1 Å². The number of rotatable bonds is 4. The van der Waals surface area contributed by atoms with Crippen molar-refractivity contribution >= 4 is 48.6 Å². The van der Waals surface area contributed by atoms with Gasteiger partial charge in [-0.2, -0.15) is 0 Å². The molecular weight excluding hydrogens is 516 g/mol. The SMILES string of the molecule is CC1(C)c2ccccc2-c2ccc(N(c3ccc(-c4ccccc4)cc3)c3cncc4sc5ccccc5c34)cc21. The molecule has 7 aromatic rings. The lowest BCUT2D eigenvalue weighted by Gasteiger charge is -2.28. The van der Waals surface area contributed by atoms with Crippen LogP contribution < -0.4 is 4.90 Å². The Morgan fingerprint density at radius 1 is 0.585 bits per heavy atom. The van der Waals surface area contributed by atoms with Gasteiger partial charge in [0.25, 0.3) is 0 Å². The Hall–Kier alpha value is -4.73. The lowest BCUT2D eigenvalue weighted by molar-refractivity contribution is 0.660. The average molecular weight is 545 g/mol. The molecule has 0 spiro atoms. The number of nitrogens with zero attached hydrogens (tertiary/aromatic N) is 2. The van der Waals surface area contributed by atoms with E-state index in [1.54, 1.807) is 11.3 Å². The third-order valence-electron chi connectivity index (χ3n) is 8.57. The number of aromatic nitrogens is 1. The Kier molecular flexibility index (Phi) is 5.38. The summed E-state index contributed by atoms with van der Waals surface area (Å²) in [5.74, 6) is 0. The molecule has 0 fully saturated rings. The van der Waals surface area contributed by atoms with E-state index in [1.165, 1.54) is 53.6 Å².